The molecule has 5 nitrogen and oxygen atoms in total. The zero-order chi connectivity index (χ0) is 13.0. The summed E-state index contributed by atoms with van der Waals surface area (Å²) in [4.78, 5) is 20.1. The molecule has 2 rings (SSSR count). The van der Waals surface area contributed by atoms with Crippen molar-refractivity contribution in [3.05, 3.63) is 21.7 Å². The van der Waals surface area contributed by atoms with E-state index in [1.807, 2.05) is 0 Å². The number of aromatic nitrogens is 2. The van der Waals surface area contributed by atoms with Gasteiger partial charge in [-0.25, -0.2) is 4.98 Å². The van der Waals surface area contributed by atoms with Crippen molar-refractivity contribution >= 4 is 17.4 Å². The molecule has 0 saturated carbocycles. The van der Waals surface area contributed by atoms with Crippen molar-refractivity contribution in [2.24, 2.45) is 5.92 Å². The number of likely N-dealkylation sites (tertiary alicyclic amines) is 1. The van der Waals surface area contributed by atoms with Crippen molar-refractivity contribution in [1.29, 1.82) is 0 Å². The topological polar surface area (TPSA) is 61.0 Å². The van der Waals surface area contributed by atoms with Crippen molar-refractivity contribution in [3.63, 3.8) is 0 Å². The third-order valence-electron chi connectivity index (χ3n) is 3.48. The van der Waals surface area contributed by atoms with Gasteiger partial charge in [-0.05, 0) is 45.3 Å². The highest BCUT2D eigenvalue weighted by molar-refractivity contribution is 6.32. The van der Waals surface area contributed by atoms with Gasteiger partial charge in [-0.2, -0.15) is 0 Å². The summed E-state index contributed by atoms with van der Waals surface area (Å²) in [7, 11) is 2.16. The normalized spacial score (nSPS) is 17.9. The van der Waals surface area contributed by atoms with Crippen LogP contribution in [0, 0.1) is 5.92 Å². The molecule has 1 aromatic heterocycles. The lowest BCUT2D eigenvalue weighted by atomic mass is 9.94. The molecule has 1 aliphatic rings. The number of hydrogen-bond acceptors (Lipinski definition) is 4. The van der Waals surface area contributed by atoms with Crippen molar-refractivity contribution in [2.75, 3.05) is 32.0 Å². The minimum absolute atomic E-state index is 0.140. The Balaban J connectivity index is 1.78. The summed E-state index contributed by atoms with van der Waals surface area (Å²) in [6.07, 6.45) is 4.95. The standard InChI is InChI=1S/C12H19ClN4O/c1-17-6-3-9(4-7-17)2-5-14-11-10(13)12(18)16-8-15-11/h8-9H,2-7H2,1H3,(H2,14,15,16,18). The smallest absolute Gasteiger partial charge is 0.271 e. The lowest BCUT2D eigenvalue weighted by Gasteiger charge is -2.28. The Kier molecular flexibility index (Phi) is 4.60. The van der Waals surface area contributed by atoms with Crippen LogP contribution in [0.4, 0.5) is 5.82 Å². The Hall–Kier alpha value is -1.07. The van der Waals surface area contributed by atoms with Crippen LogP contribution in [0.5, 0.6) is 0 Å². The fourth-order valence-corrected chi connectivity index (χ4v) is 2.42. The number of halogens is 1. The molecule has 1 aromatic rings. The van der Waals surface area contributed by atoms with Gasteiger partial charge >= 0.3 is 0 Å². The fraction of sp³-hybridized carbons (Fsp3) is 0.667. The lowest BCUT2D eigenvalue weighted by molar-refractivity contribution is 0.215. The highest BCUT2D eigenvalue weighted by Crippen LogP contribution is 2.20. The third-order valence-corrected chi connectivity index (χ3v) is 3.83. The zero-order valence-electron chi connectivity index (χ0n) is 10.6. The average molecular weight is 271 g/mol. The molecule has 0 unspecified atom stereocenters. The number of nitrogens with zero attached hydrogens (tertiary/aromatic N) is 2. The number of anilines is 1. The maximum Gasteiger partial charge on any atom is 0.271 e. The molecule has 1 fully saturated rings. The first-order chi connectivity index (χ1) is 8.66. The van der Waals surface area contributed by atoms with Crippen LogP contribution >= 0.6 is 11.6 Å². The minimum Gasteiger partial charge on any atom is -0.369 e. The van der Waals surface area contributed by atoms with Gasteiger partial charge < -0.3 is 15.2 Å². The summed E-state index contributed by atoms with van der Waals surface area (Å²) in [5, 5.41) is 3.28. The second-order valence-electron chi connectivity index (χ2n) is 4.86. The zero-order valence-corrected chi connectivity index (χ0v) is 11.3. The quantitative estimate of drug-likeness (QED) is 0.872. The van der Waals surface area contributed by atoms with Gasteiger partial charge in [0.2, 0.25) is 0 Å². The van der Waals surface area contributed by atoms with Gasteiger partial charge in [0.1, 0.15) is 5.02 Å². The van der Waals surface area contributed by atoms with Crippen LogP contribution in [0.2, 0.25) is 5.02 Å². The largest absolute Gasteiger partial charge is 0.369 e. The maximum atomic E-state index is 11.3. The molecular formula is C12H19ClN4O. The molecule has 18 heavy (non-hydrogen) atoms. The van der Waals surface area contributed by atoms with Crippen LogP contribution in [0.25, 0.3) is 0 Å². The van der Waals surface area contributed by atoms with E-state index in [-0.39, 0.29) is 10.6 Å². The SMILES string of the molecule is CN1CCC(CCNc2nc[nH]c(=O)c2Cl)CC1. The van der Waals surface area contributed by atoms with Crippen molar-refractivity contribution in [1.82, 2.24) is 14.9 Å². The average Bonchev–Trinajstić information content (AvgIpc) is 2.37. The number of H-pyrrole nitrogens is 1. The van der Waals surface area contributed by atoms with E-state index in [2.05, 4.69) is 27.2 Å². The van der Waals surface area contributed by atoms with E-state index in [9.17, 15) is 4.79 Å². The lowest BCUT2D eigenvalue weighted by Crippen LogP contribution is -2.31. The van der Waals surface area contributed by atoms with E-state index in [0.717, 1.165) is 18.9 Å². The molecule has 1 aliphatic heterocycles. The molecule has 2 N–H and O–H groups in total. The molecule has 100 valence electrons. The first-order valence-corrected chi connectivity index (χ1v) is 6.70. The van der Waals surface area contributed by atoms with Gasteiger partial charge in [-0.1, -0.05) is 11.6 Å². The first kappa shape index (κ1) is 13.4. The van der Waals surface area contributed by atoms with E-state index in [1.165, 1.54) is 32.3 Å². The predicted octanol–water partition coefficient (Wildman–Crippen LogP) is 1.57. The van der Waals surface area contributed by atoms with E-state index >= 15 is 0 Å². The van der Waals surface area contributed by atoms with E-state index < -0.39 is 0 Å². The van der Waals surface area contributed by atoms with Crippen LogP contribution in [0.3, 0.4) is 0 Å². The summed E-state index contributed by atoms with van der Waals surface area (Å²) in [6.45, 7) is 3.16. The van der Waals surface area contributed by atoms with Crippen molar-refractivity contribution in [2.45, 2.75) is 19.3 Å². The highest BCUT2D eigenvalue weighted by Gasteiger charge is 2.16. The van der Waals surface area contributed by atoms with Gasteiger partial charge in [0.25, 0.3) is 5.56 Å². The van der Waals surface area contributed by atoms with Gasteiger partial charge in [-0.3, -0.25) is 4.79 Å². The van der Waals surface area contributed by atoms with Gasteiger partial charge in [0.15, 0.2) is 5.82 Å². The molecule has 0 aromatic carbocycles. The van der Waals surface area contributed by atoms with Crippen LogP contribution in [-0.2, 0) is 0 Å². The minimum atomic E-state index is -0.298. The Morgan fingerprint density at radius 1 is 1.56 bits per heavy atom. The highest BCUT2D eigenvalue weighted by atomic mass is 35.5. The molecule has 2 heterocycles. The molecule has 0 aliphatic carbocycles. The molecule has 6 heteroatoms. The van der Waals surface area contributed by atoms with Crippen LogP contribution in [0.1, 0.15) is 19.3 Å². The number of aromatic amines is 1. The summed E-state index contributed by atoms with van der Waals surface area (Å²) < 4.78 is 0. The van der Waals surface area contributed by atoms with Crippen LogP contribution < -0.4 is 10.9 Å². The Morgan fingerprint density at radius 3 is 3.00 bits per heavy atom. The molecule has 0 radical (unpaired) electrons. The molecule has 0 atom stereocenters. The summed E-state index contributed by atoms with van der Waals surface area (Å²) in [5.74, 6) is 1.24. The molecular weight excluding hydrogens is 252 g/mol. The Bertz CT molecular complexity index is 440. The summed E-state index contributed by atoms with van der Waals surface area (Å²) >= 11 is 5.86. The van der Waals surface area contributed by atoms with Crippen molar-refractivity contribution in [3.8, 4) is 0 Å². The Morgan fingerprint density at radius 2 is 2.28 bits per heavy atom. The number of rotatable bonds is 4. The monoisotopic (exact) mass is 270 g/mol. The second-order valence-corrected chi connectivity index (χ2v) is 5.23. The van der Waals surface area contributed by atoms with E-state index in [4.69, 9.17) is 11.6 Å². The van der Waals surface area contributed by atoms with Gasteiger partial charge in [0, 0.05) is 6.54 Å². The molecule has 0 amide bonds. The van der Waals surface area contributed by atoms with Crippen LogP contribution in [-0.4, -0.2) is 41.5 Å². The number of piperidine rings is 1. The van der Waals surface area contributed by atoms with Gasteiger partial charge in [-0.15, -0.1) is 0 Å². The fourth-order valence-electron chi connectivity index (χ4n) is 2.25. The summed E-state index contributed by atoms with van der Waals surface area (Å²) in [6, 6.07) is 0. The van der Waals surface area contributed by atoms with Crippen LogP contribution in [0.15, 0.2) is 11.1 Å². The van der Waals surface area contributed by atoms with Crippen molar-refractivity contribution < 1.29 is 0 Å². The predicted molar refractivity (Wildman–Crippen MR) is 73.2 cm³/mol. The number of hydrogen-bond donors (Lipinski definition) is 2. The first-order valence-electron chi connectivity index (χ1n) is 6.32. The van der Waals surface area contributed by atoms with E-state index in [0.29, 0.717) is 5.82 Å². The molecule has 1 saturated heterocycles. The number of nitrogens with one attached hydrogen (secondary N) is 2. The summed E-state index contributed by atoms with van der Waals surface area (Å²) in [5.41, 5.74) is -0.298. The molecule has 0 spiro atoms. The van der Waals surface area contributed by atoms with Gasteiger partial charge in [0.05, 0.1) is 6.33 Å². The maximum absolute atomic E-state index is 11.3. The second kappa shape index (κ2) is 6.20. The van der Waals surface area contributed by atoms with E-state index in [1.54, 1.807) is 0 Å². The Labute approximate surface area is 112 Å². The molecule has 0 bridgehead atoms. The third kappa shape index (κ3) is 3.46.